The molecular weight excluding hydrogens is 295 g/mol. The highest BCUT2D eigenvalue weighted by Gasteiger charge is 2.16. The largest absolute Gasteiger partial charge is 0.476 e. The first-order valence-electron chi connectivity index (χ1n) is 7.88. The van der Waals surface area contributed by atoms with E-state index in [9.17, 15) is 4.39 Å². The average Bonchev–Trinajstić information content (AvgIpc) is 3.22. The number of nitrogens with zero attached hydrogens (tertiary/aromatic N) is 4. The van der Waals surface area contributed by atoms with Gasteiger partial charge in [-0.3, -0.25) is 4.98 Å². The summed E-state index contributed by atoms with van der Waals surface area (Å²) in [5.74, 6) is 0.807. The highest BCUT2D eigenvalue weighted by Crippen LogP contribution is 2.26. The van der Waals surface area contributed by atoms with Gasteiger partial charge in [-0.1, -0.05) is 12.8 Å². The maximum absolute atomic E-state index is 13.4. The number of ether oxygens (including phenoxy) is 1. The van der Waals surface area contributed by atoms with Crippen molar-refractivity contribution in [1.29, 1.82) is 0 Å². The minimum absolute atomic E-state index is 0.383. The molecule has 1 aliphatic rings. The quantitative estimate of drug-likeness (QED) is 0.740. The van der Waals surface area contributed by atoms with Crippen LogP contribution in [0.2, 0.25) is 0 Å². The number of hydrogen-bond donors (Lipinski definition) is 0. The first-order valence-corrected chi connectivity index (χ1v) is 7.88. The molecule has 0 N–H and O–H groups in total. The summed E-state index contributed by atoms with van der Waals surface area (Å²) in [6, 6.07) is 5.10. The lowest BCUT2D eigenvalue weighted by atomic mass is 10.1. The van der Waals surface area contributed by atoms with Crippen molar-refractivity contribution in [2.75, 3.05) is 6.61 Å². The minimum atomic E-state index is -0.383. The normalized spacial score (nSPS) is 15.3. The second-order valence-electron chi connectivity index (χ2n) is 5.94. The molecule has 6 heteroatoms. The van der Waals surface area contributed by atoms with E-state index in [1.165, 1.54) is 37.9 Å². The Morgan fingerprint density at radius 2 is 2.04 bits per heavy atom. The van der Waals surface area contributed by atoms with Crippen LogP contribution in [0.3, 0.4) is 0 Å². The SMILES string of the molecule is Fc1cncc(-c2cnc3ccc(OCC4CCCC4)nn23)c1. The van der Waals surface area contributed by atoms with E-state index in [-0.39, 0.29) is 5.82 Å². The molecule has 0 atom stereocenters. The second-order valence-corrected chi connectivity index (χ2v) is 5.94. The number of aromatic nitrogens is 4. The van der Waals surface area contributed by atoms with E-state index in [1.807, 2.05) is 12.1 Å². The zero-order valence-corrected chi connectivity index (χ0v) is 12.7. The van der Waals surface area contributed by atoms with Crippen LogP contribution in [0.15, 0.2) is 36.8 Å². The predicted molar refractivity (Wildman–Crippen MR) is 83.6 cm³/mol. The molecule has 118 valence electrons. The molecule has 0 bridgehead atoms. The van der Waals surface area contributed by atoms with Crippen LogP contribution in [0.1, 0.15) is 25.7 Å². The van der Waals surface area contributed by atoms with E-state index in [0.29, 0.717) is 35.3 Å². The molecule has 0 aliphatic heterocycles. The van der Waals surface area contributed by atoms with E-state index < -0.39 is 0 Å². The molecule has 5 nitrogen and oxygen atoms in total. The van der Waals surface area contributed by atoms with Gasteiger partial charge in [0.2, 0.25) is 5.88 Å². The predicted octanol–water partition coefficient (Wildman–Crippen LogP) is 3.50. The number of hydrogen-bond acceptors (Lipinski definition) is 4. The standard InChI is InChI=1S/C17H17FN4O/c18-14-7-13(8-19-9-14)15-10-20-16-5-6-17(21-22(15)16)23-11-12-3-1-2-4-12/h5-10,12H,1-4,11H2. The number of halogens is 1. The molecule has 0 aromatic carbocycles. The highest BCUT2D eigenvalue weighted by molar-refractivity contribution is 5.62. The number of pyridine rings is 1. The van der Waals surface area contributed by atoms with Crippen LogP contribution in [0.4, 0.5) is 4.39 Å². The molecule has 3 aromatic rings. The van der Waals surface area contributed by atoms with Crippen molar-refractivity contribution in [3.8, 4) is 17.1 Å². The fraction of sp³-hybridized carbons (Fsp3) is 0.353. The van der Waals surface area contributed by atoms with Gasteiger partial charge in [0.25, 0.3) is 0 Å². The molecule has 3 heterocycles. The van der Waals surface area contributed by atoms with Crippen molar-refractivity contribution < 1.29 is 9.13 Å². The monoisotopic (exact) mass is 312 g/mol. The smallest absolute Gasteiger partial charge is 0.231 e. The third-order valence-electron chi connectivity index (χ3n) is 4.28. The van der Waals surface area contributed by atoms with Crippen LogP contribution in [0, 0.1) is 11.7 Å². The highest BCUT2D eigenvalue weighted by atomic mass is 19.1. The van der Waals surface area contributed by atoms with Gasteiger partial charge in [-0.2, -0.15) is 0 Å². The molecular formula is C17H17FN4O. The summed E-state index contributed by atoms with van der Waals surface area (Å²) in [6.45, 7) is 0.698. The van der Waals surface area contributed by atoms with Gasteiger partial charge >= 0.3 is 0 Å². The van der Waals surface area contributed by atoms with Crippen molar-refractivity contribution in [1.82, 2.24) is 19.6 Å². The summed E-state index contributed by atoms with van der Waals surface area (Å²) in [7, 11) is 0. The maximum Gasteiger partial charge on any atom is 0.231 e. The van der Waals surface area contributed by atoms with Crippen molar-refractivity contribution in [3.05, 3.63) is 42.6 Å². The Kier molecular flexibility index (Phi) is 3.65. The molecule has 0 spiro atoms. The Labute approximate surface area is 133 Å². The average molecular weight is 312 g/mol. The number of rotatable bonds is 4. The van der Waals surface area contributed by atoms with Gasteiger partial charge in [-0.15, -0.1) is 5.10 Å². The second kappa shape index (κ2) is 5.95. The van der Waals surface area contributed by atoms with Crippen LogP contribution in [0.25, 0.3) is 16.9 Å². The Hall–Kier alpha value is -2.50. The van der Waals surface area contributed by atoms with Crippen molar-refractivity contribution >= 4 is 5.65 Å². The van der Waals surface area contributed by atoms with E-state index >= 15 is 0 Å². The summed E-state index contributed by atoms with van der Waals surface area (Å²) in [4.78, 5) is 8.18. The molecule has 4 rings (SSSR count). The Morgan fingerprint density at radius 3 is 2.87 bits per heavy atom. The summed E-state index contributed by atoms with van der Waals surface area (Å²) >= 11 is 0. The minimum Gasteiger partial charge on any atom is -0.476 e. The van der Waals surface area contributed by atoms with Gasteiger partial charge in [0, 0.05) is 17.8 Å². The molecule has 1 aliphatic carbocycles. The Bertz CT molecular complexity index is 826. The van der Waals surface area contributed by atoms with Crippen molar-refractivity contribution in [2.45, 2.75) is 25.7 Å². The van der Waals surface area contributed by atoms with Gasteiger partial charge in [-0.05, 0) is 30.9 Å². The molecule has 1 saturated carbocycles. The fourth-order valence-electron chi connectivity index (χ4n) is 3.06. The fourth-order valence-corrected chi connectivity index (χ4v) is 3.06. The Balaban J connectivity index is 1.63. The third-order valence-corrected chi connectivity index (χ3v) is 4.28. The Morgan fingerprint density at radius 1 is 1.17 bits per heavy atom. The van der Waals surface area contributed by atoms with Gasteiger partial charge in [0.15, 0.2) is 5.65 Å². The molecule has 0 saturated heterocycles. The van der Waals surface area contributed by atoms with Gasteiger partial charge in [0.1, 0.15) is 5.82 Å². The lowest BCUT2D eigenvalue weighted by molar-refractivity contribution is 0.240. The van der Waals surface area contributed by atoms with Crippen LogP contribution in [0.5, 0.6) is 5.88 Å². The van der Waals surface area contributed by atoms with Gasteiger partial charge < -0.3 is 4.74 Å². The zero-order valence-electron chi connectivity index (χ0n) is 12.7. The van der Waals surface area contributed by atoms with Crippen molar-refractivity contribution in [2.24, 2.45) is 5.92 Å². The zero-order chi connectivity index (χ0) is 15.6. The first-order chi connectivity index (χ1) is 11.3. The molecule has 1 fully saturated rings. The molecule has 0 unspecified atom stereocenters. The summed E-state index contributed by atoms with van der Waals surface area (Å²) < 4.78 is 20.9. The number of fused-ring (bicyclic) bond motifs is 1. The van der Waals surface area contributed by atoms with Crippen LogP contribution < -0.4 is 4.74 Å². The van der Waals surface area contributed by atoms with Crippen LogP contribution in [-0.4, -0.2) is 26.2 Å². The van der Waals surface area contributed by atoms with Gasteiger partial charge in [-0.25, -0.2) is 13.9 Å². The molecule has 3 aromatic heterocycles. The van der Waals surface area contributed by atoms with E-state index in [4.69, 9.17) is 4.74 Å². The van der Waals surface area contributed by atoms with E-state index in [2.05, 4.69) is 15.1 Å². The molecule has 23 heavy (non-hydrogen) atoms. The lowest BCUT2D eigenvalue weighted by Crippen LogP contribution is -2.10. The van der Waals surface area contributed by atoms with Crippen LogP contribution in [-0.2, 0) is 0 Å². The van der Waals surface area contributed by atoms with E-state index in [1.54, 1.807) is 16.9 Å². The summed E-state index contributed by atoms with van der Waals surface area (Å²) in [6.07, 6.45) is 9.48. The topological polar surface area (TPSA) is 52.3 Å². The number of imidazole rings is 1. The lowest BCUT2D eigenvalue weighted by Gasteiger charge is -2.10. The molecule has 0 radical (unpaired) electrons. The first kappa shape index (κ1) is 14.1. The van der Waals surface area contributed by atoms with E-state index in [0.717, 1.165) is 0 Å². The summed E-state index contributed by atoms with van der Waals surface area (Å²) in [5.41, 5.74) is 2.02. The summed E-state index contributed by atoms with van der Waals surface area (Å²) in [5, 5.41) is 4.48. The van der Waals surface area contributed by atoms with Crippen molar-refractivity contribution in [3.63, 3.8) is 0 Å². The molecule has 0 amide bonds. The van der Waals surface area contributed by atoms with Crippen LogP contribution >= 0.6 is 0 Å². The third kappa shape index (κ3) is 2.88. The maximum atomic E-state index is 13.4. The van der Waals surface area contributed by atoms with Gasteiger partial charge in [0.05, 0.1) is 24.7 Å².